The van der Waals surface area contributed by atoms with Crippen molar-refractivity contribution in [2.75, 3.05) is 0 Å². The highest BCUT2D eigenvalue weighted by Crippen LogP contribution is 1.95. The molecule has 0 aromatic carbocycles. The number of hydrogen-bond donors (Lipinski definition) is 1. The Labute approximate surface area is 81.5 Å². The Balaban J connectivity index is 3.45. The van der Waals surface area contributed by atoms with E-state index in [1.54, 1.807) is 0 Å². The third-order valence-electron chi connectivity index (χ3n) is 1.73. The molecule has 0 bridgehead atoms. The van der Waals surface area contributed by atoms with Gasteiger partial charge >= 0.3 is 0 Å². The van der Waals surface area contributed by atoms with Crippen molar-refractivity contribution in [2.24, 2.45) is 0 Å². The summed E-state index contributed by atoms with van der Waals surface area (Å²) in [5.74, 6) is 0. The van der Waals surface area contributed by atoms with E-state index in [0.717, 1.165) is 19.3 Å². The summed E-state index contributed by atoms with van der Waals surface area (Å²) in [5, 5.41) is 9.17. The summed E-state index contributed by atoms with van der Waals surface area (Å²) in [4.78, 5) is 0. The highest BCUT2D eigenvalue weighted by atomic mass is 16.3. The monoisotopic (exact) mass is 180 g/mol. The van der Waals surface area contributed by atoms with Gasteiger partial charge in [0.15, 0.2) is 0 Å². The molecule has 1 atom stereocenters. The van der Waals surface area contributed by atoms with Crippen molar-refractivity contribution >= 4 is 0 Å². The average Bonchev–Trinajstić information content (AvgIpc) is 2.16. The van der Waals surface area contributed by atoms with E-state index in [4.69, 9.17) is 5.11 Å². The summed E-state index contributed by atoms with van der Waals surface area (Å²) >= 11 is 0. The van der Waals surface area contributed by atoms with Crippen LogP contribution in [0.5, 0.6) is 0 Å². The van der Waals surface area contributed by atoms with E-state index < -0.39 is 0 Å². The Morgan fingerprint density at radius 3 is 2.46 bits per heavy atom. The van der Waals surface area contributed by atoms with Crippen molar-refractivity contribution in [2.45, 2.75) is 39.2 Å². The zero-order chi connectivity index (χ0) is 9.94. The van der Waals surface area contributed by atoms with Crippen molar-refractivity contribution in [1.82, 2.24) is 0 Å². The highest BCUT2D eigenvalue weighted by molar-refractivity contribution is 5.04. The van der Waals surface area contributed by atoms with Crippen molar-refractivity contribution in [1.29, 1.82) is 0 Å². The van der Waals surface area contributed by atoms with Crippen LogP contribution in [0.4, 0.5) is 0 Å². The quantitative estimate of drug-likeness (QED) is 0.378. The van der Waals surface area contributed by atoms with Gasteiger partial charge in [0, 0.05) is 0 Å². The van der Waals surface area contributed by atoms with Crippen LogP contribution < -0.4 is 0 Å². The smallest absolute Gasteiger partial charge is 0.0721 e. The maximum Gasteiger partial charge on any atom is 0.0721 e. The number of aliphatic hydroxyl groups excluding tert-OH is 1. The predicted octanol–water partition coefficient (Wildman–Crippen LogP) is 3.23. The topological polar surface area (TPSA) is 20.2 Å². The molecule has 0 aliphatic rings. The lowest BCUT2D eigenvalue weighted by atomic mass is 10.2. The van der Waals surface area contributed by atoms with Gasteiger partial charge < -0.3 is 5.11 Å². The third-order valence-corrected chi connectivity index (χ3v) is 1.73. The molecule has 0 aromatic rings. The number of allylic oxidation sites excluding steroid dienone is 5. The molecule has 1 nitrogen and oxygen atoms in total. The second-order valence-corrected chi connectivity index (χ2v) is 2.94. The zero-order valence-corrected chi connectivity index (χ0v) is 8.61. The summed E-state index contributed by atoms with van der Waals surface area (Å²) in [6.07, 6.45) is 14.7. The van der Waals surface area contributed by atoms with Crippen LogP contribution in [0.1, 0.15) is 33.1 Å². The first-order chi connectivity index (χ1) is 6.31. The van der Waals surface area contributed by atoms with Crippen LogP contribution in [0.2, 0.25) is 0 Å². The Morgan fingerprint density at radius 2 is 1.85 bits per heavy atom. The average molecular weight is 180 g/mol. The van der Waals surface area contributed by atoms with Crippen LogP contribution in [-0.2, 0) is 0 Å². The summed E-state index contributed by atoms with van der Waals surface area (Å²) < 4.78 is 0. The van der Waals surface area contributed by atoms with E-state index >= 15 is 0 Å². The zero-order valence-electron chi connectivity index (χ0n) is 8.61. The van der Waals surface area contributed by atoms with Gasteiger partial charge in [0.05, 0.1) is 6.10 Å². The Kier molecular flexibility index (Phi) is 8.68. The summed E-state index contributed by atoms with van der Waals surface area (Å²) in [7, 11) is 0. The van der Waals surface area contributed by atoms with Crippen LogP contribution in [0.15, 0.2) is 36.5 Å². The first kappa shape index (κ1) is 12.2. The van der Waals surface area contributed by atoms with E-state index in [0.29, 0.717) is 0 Å². The first-order valence-corrected chi connectivity index (χ1v) is 4.93. The van der Waals surface area contributed by atoms with Gasteiger partial charge in [-0.25, -0.2) is 0 Å². The molecule has 13 heavy (non-hydrogen) atoms. The van der Waals surface area contributed by atoms with Crippen molar-refractivity contribution in [3.8, 4) is 0 Å². The molecule has 0 aromatic heterocycles. The largest absolute Gasteiger partial charge is 0.389 e. The molecule has 1 unspecified atom stereocenters. The van der Waals surface area contributed by atoms with Crippen LogP contribution in [0, 0.1) is 0 Å². The van der Waals surface area contributed by atoms with Crippen molar-refractivity contribution in [3.63, 3.8) is 0 Å². The maximum atomic E-state index is 9.17. The normalized spacial score (nSPS) is 15.0. The van der Waals surface area contributed by atoms with Gasteiger partial charge in [-0.3, -0.25) is 0 Å². The predicted molar refractivity (Wildman–Crippen MR) is 58.6 cm³/mol. The van der Waals surface area contributed by atoms with Crippen LogP contribution >= 0.6 is 0 Å². The van der Waals surface area contributed by atoms with E-state index in [9.17, 15) is 0 Å². The number of aliphatic hydroxyl groups is 1. The molecule has 0 heterocycles. The number of rotatable bonds is 6. The molecule has 0 aliphatic carbocycles. The fraction of sp³-hybridized carbons (Fsp3) is 0.500. The van der Waals surface area contributed by atoms with E-state index in [1.165, 1.54) is 0 Å². The minimum absolute atomic E-state index is 0.291. The molecule has 0 saturated heterocycles. The first-order valence-electron chi connectivity index (χ1n) is 4.93. The second-order valence-electron chi connectivity index (χ2n) is 2.94. The summed E-state index contributed by atoms with van der Waals surface area (Å²) in [5.41, 5.74) is 0. The molecule has 1 heteroatoms. The minimum Gasteiger partial charge on any atom is -0.389 e. The van der Waals surface area contributed by atoms with Crippen molar-refractivity contribution < 1.29 is 5.11 Å². The van der Waals surface area contributed by atoms with E-state index in [1.807, 2.05) is 32.1 Å². The van der Waals surface area contributed by atoms with Gasteiger partial charge in [0.1, 0.15) is 0 Å². The maximum absolute atomic E-state index is 9.17. The molecule has 0 saturated carbocycles. The van der Waals surface area contributed by atoms with Crippen LogP contribution in [-0.4, -0.2) is 11.2 Å². The third kappa shape index (κ3) is 9.09. The fourth-order valence-corrected chi connectivity index (χ4v) is 0.862. The number of hydrogen-bond acceptors (Lipinski definition) is 1. The fourth-order valence-electron chi connectivity index (χ4n) is 0.862. The molecule has 74 valence electrons. The van der Waals surface area contributed by atoms with Crippen LogP contribution in [0.3, 0.4) is 0 Å². The van der Waals surface area contributed by atoms with E-state index in [2.05, 4.69) is 18.2 Å². The van der Waals surface area contributed by atoms with E-state index in [-0.39, 0.29) is 6.10 Å². The summed E-state index contributed by atoms with van der Waals surface area (Å²) in [6, 6.07) is 0. The van der Waals surface area contributed by atoms with Gasteiger partial charge in [0.25, 0.3) is 0 Å². The Hall–Kier alpha value is -0.820. The number of unbranched alkanes of at least 4 members (excludes halogenated alkanes) is 1. The molecule has 0 radical (unpaired) electrons. The molecule has 0 fully saturated rings. The highest BCUT2D eigenvalue weighted by Gasteiger charge is 1.88. The molecular weight excluding hydrogens is 160 g/mol. The van der Waals surface area contributed by atoms with Gasteiger partial charge in [-0.2, -0.15) is 0 Å². The molecular formula is C12H20O. The lowest BCUT2D eigenvalue weighted by molar-refractivity contribution is 0.219. The second kappa shape index (κ2) is 9.27. The van der Waals surface area contributed by atoms with Crippen LogP contribution in [0.25, 0.3) is 0 Å². The Morgan fingerprint density at radius 1 is 1.15 bits per heavy atom. The Bertz CT molecular complexity index is 178. The lowest BCUT2D eigenvalue weighted by Crippen LogP contribution is -1.97. The standard InChI is InChI=1S/C12H20O/c1-3-5-6-7-8-9-10-11-12(13)4-2/h3,5,8-13H,4,6-7H2,1-2H3. The molecule has 1 N–H and O–H groups in total. The molecule has 0 spiro atoms. The molecule has 0 rings (SSSR count). The van der Waals surface area contributed by atoms with Gasteiger partial charge in [-0.1, -0.05) is 43.4 Å². The minimum atomic E-state index is -0.291. The van der Waals surface area contributed by atoms with Gasteiger partial charge in [0.2, 0.25) is 0 Å². The SMILES string of the molecule is CC=CCCC=CC=CC(O)CC. The molecule has 0 amide bonds. The summed E-state index contributed by atoms with van der Waals surface area (Å²) in [6.45, 7) is 3.99. The van der Waals surface area contributed by atoms with Gasteiger partial charge in [-0.05, 0) is 26.2 Å². The molecule has 0 aliphatic heterocycles. The lowest BCUT2D eigenvalue weighted by Gasteiger charge is -1.96. The van der Waals surface area contributed by atoms with Gasteiger partial charge in [-0.15, -0.1) is 0 Å². The van der Waals surface area contributed by atoms with Crippen molar-refractivity contribution in [3.05, 3.63) is 36.5 Å².